The lowest BCUT2D eigenvalue weighted by Gasteiger charge is -2.23. The molecule has 1 aromatic rings. The van der Waals surface area contributed by atoms with E-state index in [2.05, 4.69) is 9.84 Å². The highest BCUT2D eigenvalue weighted by molar-refractivity contribution is 7.46. The number of nitrogens with one attached hydrogen (secondary N) is 1. The van der Waals surface area contributed by atoms with Gasteiger partial charge in [-0.2, -0.15) is 0 Å². The molecule has 0 saturated heterocycles. The fourth-order valence-electron chi connectivity index (χ4n) is 1.60. The lowest BCUT2D eigenvalue weighted by Crippen LogP contribution is -2.38. The number of phosphoric acid groups is 1. The minimum absolute atomic E-state index is 0.149. The van der Waals surface area contributed by atoms with Crippen molar-refractivity contribution in [1.29, 1.82) is 0 Å². The van der Waals surface area contributed by atoms with Crippen LogP contribution < -0.4 is 5.32 Å². The summed E-state index contributed by atoms with van der Waals surface area (Å²) >= 11 is 0. The third kappa shape index (κ3) is 7.04. The molecular formula is C13H22NO6P. The Morgan fingerprint density at radius 1 is 1.33 bits per heavy atom. The van der Waals surface area contributed by atoms with E-state index in [0.717, 1.165) is 0 Å². The van der Waals surface area contributed by atoms with Crippen molar-refractivity contribution in [3.63, 3.8) is 0 Å². The van der Waals surface area contributed by atoms with E-state index in [0.29, 0.717) is 12.1 Å². The van der Waals surface area contributed by atoms with Crippen molar-refractivity contribution >= 4 is 7.82 Å². The van der Waals surface area contributed by atoms with Gasteiger partial charge in [0, 0.05) is 17.6 Å². The molecule has 1 atom stereocenters. The Morgan fingerprint density at radius 2 is 1.95 bits per heavy atom. The highest BCUT2D eigenvalue weighted by atomic mass is 31.2. The van der Waals surface area contributed by atoms with Gasteiger partial charge in [0.25, 0.3) is 0 Å². The Labute approximate surface area is 123 Å². The molecule has 1 rings (SSSR count). The van der Waals surface area contributed by atoms with Gasteiger partial charge in [0.15, 0.2) is 0 Å². The molecule has 0 saturated carbocycles. The summed E-state index contributed by atoms with van der Waals surface area (Å²) in [6.45, 7) is 5.78. The van der Waals surface area contributed by atoms with E-state index < -0.39 is 20.5 Å². The zero-order valence-corrected chi connectivity index (χ0v) is 13.2. The summed E-state index contributed by atoms with van der Waals surface area (Å²) in [6.07, 6.45) is -0.807. The number of aromatic hydroxyl groups is 1. The predicted octanol–water partition coefficient (Wildman–Crippen LogP) is 1.42. The van der Waals surface area contributed by atoms with Gasteiger partial charge in [0.2, 0.25) is 0 Å². The summed E-state index contributed by atoms with van der Waals surface area (Å²) in [6, 6.07) is 4.36. The standard InChI is InChI=1S/C13H22NO6P/c1-13(2,3)14-7-12(16)9-4-5-11(15)10(6-9)8-20-21(17,18)19/h4-6,12,14-16H,7-8H2,1-3H3,(H2,17,18,19). The summed E-state index contributed by atoms with van der Waals surface area (Å²) in [4.78, 5) is 17.3. The first-order chi connectivity index (χ1) is 9.48. The second-order valence-corrected chi connectivity index (χ2v) is 7.04. The van der Waals surface area contributed by atoms with Gasteiger partial charge in [-0.25, -0.2) is 4.57 Å². The maximum Gasteiger partial charge on any atom is 0.469 e. The molecule has 1 unspecified atom stereocenters. The van der Waals surface area contributed by atoms with Crippen molar-refractivity contribution in [2.24, 2.45) is 0 Å². The first-order valence-electron chi connectivity index (χ1n) is 6.43. The largest absolute Gasteiger partial charge is 0.508 e. The summed E-state index contributed by atoms with van der Waals surface area (Å²) in [5.74, 6) is -0.150. The molecule has 7 nitrogen and oxygen atoms in total. The number of hydrogen-bond acceptors (Lipinski definition) is 5. The number of phosphoric ester groups is 1. The van der Waals surface area contributed by atoms with Crippen LogP contribution in [0.3, 0.4) is 0 Å². The van der Waals surface area contributed by atoms with Crippen LogP contribution in [0, 0.1) is 0 Å². The van der Waals surface area contributed by atoms with Crippen LogP contribution in [0.15, 0.2) is 18.2 Å². The number of aliphatic hydroxyl groups excluding tert-OH is 1. The number of hydrogen-bond donors (Lipinski definition) is 5. The average Bonchev–Trinajstić information content (AvgIpc) is 2.33. The molecule has 5 N–H and O–H groups in total. The van der Waals surface area contributed by atoms with Gasteiger partial charge < -0.3 is 25.3 Å². The van der Waals surface area contributed by atoms with E-state index in [1.54, 1.807) is 6.07 Å². The second kappa shape index (κ2) is 6.87. The van der Waals surface area contributed by atoms with Gasteiger partial charge in [0.05, 0.1) is 12.7 Å². The number of phenolic OH excluding ortho intramolecular Hbond substituents is 1. The first-order valence-corrected chi connectivity index (χ1v) is 7.96. The topological polar surface area (TPSA) is 119 Å². The minimum Gasteiger partial charge on any atom is -0.508 e. The van der Waals surface area contributed by atoms with Crippen molar-refractivity contribution in [3.8, 4) is 5.75 Å². The van der Waals surface area contributed by atoms with Gasteiger partial charge in [-0.05, 0) is 38.5 Å². The van der Waals surface area contributed by atoms with Crippen LogP contribution >= 0.6 is 7.82 Å². The maximum absolute atomic E-state index is 10.7. The predicted molar refractivity (Wildman–Crippen MR) is 77.7 cm³/mol. The van der Waals surface area contributed by atoms with Crippen LogP contribution in [0.2, 0.25) is 0 Å². The van der Waals surface area contributed by atoms with Gasteiger partial charge in [0.1, 0.15) is 5.75 Å². The van der Waals surface area contributed by atoms with E-state index in [9.17, 15) is 14.8 Å². The highest BCUT2D eigenvalue weighted by Crippen LogP contribution is 2.38. The molecule has 120 valence electrons. The first kappa shape index (κ1) is 18.1. The molecule has 0 heterocycles. The fraction of sp³-hybridized carbons (Fsp3) is 0.538. The molecule has 0 bridgehead atoms. The molecule has 21 heavy (non-hydrogen) atoms. The Bertz CT molecular complexity index is 522. The van der Waals surface area contributed by atoms with E-state index >= 15 is 0 Å². The molecule has 0 aromatic heterocycles. The molecule has 0 amide bonds. The molecule has 0 spiro atoms. The molecule has 0 fully saturated rings. The van der Waals surface area contributed by atoms with Crippen LogP contribution in [-0.4, -0.2) is 32.1 Å². The van der Waals surface area contributed by atoms with Crippen molar-refractivity contribution in [1.82, 2.24) is 5.32 Å². The summed E-state index contributed by atoms with van der Waals surface area (Å²) in [7, 11) is -4.61. The smallest absolute Gasteiger partial charge is 0.469 e. The Morgan fingerprint density at radius 3 is 2.48 bits per heavy atom. The molecule has 0 aliphatic carbocycles. The Kier molecular flexibility index (Phi) is 5.92. The summed E-state index contributed by atoms with van der Waals surface area (Å²) in [5.41, 5.74) is 0.573. The summed E-state index contributed by atoms with van der Waals surface area (Å²) in [5, 5.41) is 22.9. The van der Waals surface area contributed by atoms with Crippen molar-refractivity contribution in [2.45, 2.75) is 39.0 Å². The van der Waals surface area contributed by atoms with Crippen molar-refractivity contribution in [2.75, 3.05) is 6.54 Å². The number of phenols is 1. The van der Waals surface area contributed by atoms with Gasteiger partial charge >= 0.3 is 7.82 Å². The Hall–Kier alpha value is -0.950. The Balaban J connectivity index is 2.78. The number of rotatable bonds is 6. The second-order valence-electron chi connectivity index (χ2n) is 5.80. The monoisotopic (exact) mass is 319 g/mol. The average molecular weight is 319 g/mol. The quantitative estimate of drug-likeness (QED) is 0.503. The number of benzene rings is 1. The third-order valence-corrected chi connectivity index (χ3v) is 3.17. The van der Waals surface area contributed by atoms with Crippen LogP contribution in [-0.2, 0) is 15.7 Å². The van der Waals surface area contributed by atoms with Gasteiger partial charge in [-0.15, -0.1) is 0 Å². The normalized spacial score (nSPS) is 14.2. The molecule has 8 heteroatoms. The summed E-state index contributed by atoms with van der Waals surface area (Å²) < 4.78 is 15.0. The van der Waals surface area contributed by atoms with Gasteiger partial charge in [-0.3, -0.25) is 4.52 Å². The zero-order chi connectivity index (χ0) is 16.3. The van der Waals surface area contributed by atoms with Crippen LogP contribution in [0.1, 0.15) is 38.0 Å². The number of aliphatic hydroxyl groups is 1. The van der Waals surface area contributed by atoms with E-state index in [1.807, 2.05) is 20.8 Å². The van der Waals surface area contributed by atoms with Crippen LogP contribution in [0.4, 0.5) is 0 Å². The third-order valence-electron chi connectivity index (χ3n) is 2.70. The zero-order valence-electron chi connectivity index (χ0n) is 12.3. The van der Waals surface area contributed by atoms with E-state index in [1.165, 1.54) is 12.1 Å². The van der Waals surface area contributed by atoms with Crippen LogP contribution in [0.25, 0.3) is 0 Å². The minimum atomic E-state index is -4.61. The SMILES string of the molecule is CC(C)(C)NCC(O)c1ccc(O)c(COP(=O)(O)O)c1. The number of β-amino-alcohol motifs (C(OH)–C–C–N with tert-alkyl or cyclic N) is 1. The van der Waals surface area contributed by atoms with Crippen molar-refractivity contribution in [3.05, 3.63) is 29.3 Å². The molecular weight excluding hydrogens is 297 g/mol. The van der Waals surface area contributed by atoms with E-state index in [-0.39, 0.29) is 16.9 Å². The molecule has 0 radical (unpaired) electrons. The highest BCUT2D eigenvalue weighted by Gasteiger charge is 2.18. The van der Waals surface area contributed by atoms with E-state index in [4.69, 9.17) is 9.79 Å². The molecule has 0 aliphatic rings. The molecule has 1 aromatic carbocycles. The van der Waals surface area contributed by atoms with Crippen molar-refractivity contribution < 1.29 is 29.1 Å². The maximum atomic E-state index is 10.7. The van der Waals surface area contributed by atoms with Crippen LogP contribution in [0.5, 0.6) is 5.75 Å². The lowest BCUT2D eigenvalue weighted by atomic mass is 10.0. The lowest BCUT2D eigenvalue weighted by molar-refractivity contribution is 0.162. The fourth-order valence-corrected chi connectivity index (χ4v) is 1.91. The van der Waals surface area contributed by atoms with Gasteiger partial charge in [-0.1, -0.05) is 6.07 Å². The molecule has 0 aliphatic heterocycles.